The molecule has 3 aromatic carbocycles. The summed E-state index contributed by atoms with van der Waals surface area (Å²) >= 11 is 0. The van der Waals surface area contributed by atoms with Gasteiger partial charge in [-0.1, -0.05) is 32.9 Å². The predicted octanol–water partition coefficient (Wildman–Crippen LogP) is 5.01. The van der Waals surface area contributed by atoms with Crippen LogP contribution < -0.4 is 15.5 Å². The fraction of sp³-hybridized carbons (Fsp3) is 0.192. The molecule has 0 spiro atoms. The van der Waals surface area contributed by atoms with E-state index < -0.39 is 0 Å². The second kappa shape index (κ2) is 9.92. The van der Waals surface area contributed by atoms with Crippen molar-refractivity contribution in [2.75, 3.05) is 12.4 Å². The number of benzene rings is 3. The van der Waals surface area contributed by atoms with Gasteiger partial charge in [-0.15, -0.1) is 0 Å². The maximum atomic E-state index is 12.5. The van der Waals surface area contributed by atoms with Crippen LogP contribution >= 0.6 is 0 Å². The molecule has 0 bridgehead atoms. The number of anilines is 1. The Morgan fingerprint density at radius 2 is 1.38 bits per heavy atom. The Morgan fingerprint density at radius 1 is 0.812 bits per heavy atom. The molecule has 0 fully saturated rings. The van der Waals surface area contributed by atoms with Gasteiger partial charge in [0.1, 0.15) is 5.75 Å². The predicted molar refractivity (Wildman–Crippen MR) is 128 cm³/mol. The summed E-state index contributed by atoms with van der Waals surface area (Å²) in [4.78, 5) is 24.8. The van der Waals surface area contributed by atoms with Crippen LogP contribution in [-0.2, 0) is 5.41 Å². The molecule has 0 aliphatic rings. The van der Waals surface area contributed by atoms with E-state index in [0.29, 0.717) is 16.8 Å². The van der Waals surface area contributed by atoms with Gasteiger partial charge in [-0.05, 0) is 77.2 Å². The van der Waals surface area contributed by atoms with E-state index >= 15 is 0 Å². The van der Waals surface area contributed by atoms with E-state index in [1.807, 2.05) is 48.5 Å². The minimum atomic E-state index is -0.342. The summed E-state index contributed by atoms with van der Waals surface area (Å²) < 4.78 is 5.10. The van der Waals surface area contributed by atoms with Crippen molar-refractivity contribution in [1.29, 1.82) is 0 Å². The quantitative estimate of drug-likeness (QED) is 0.427. The van der Waals surface area contributed by atoms with Crippen molar-refractivity contribution in [2.24, 2.45) is 5.10 Å². The van der Waals surface area contributed by atoms with Crippen LogP contribution in [0.1, 0.15) is 52.6 Å². The van der Waals surface area contributed by atoms with Crippen molar-refractivity contribution < 1.29 is 14.3 Å². The molecule has 3 rings (SSSR count). The zero-order chi connectivity index (χ0) is 23.1. The molecular weight excluding hydrogens is 402 g/mol. The maximum absolute atomic E-state index is 12.5. The Bertz CT molecular complexity index is 1100. The largest absolute Gasteiger partial charge is 0.497 e. The molecule has 6 heteroatoms. The minimum absolute atomic E-state index is 0.0318. The molecule has 0 saturated heterocycles. The SMILES string of the molecule is COc1ccc(/C=N/NC(=O)c2ccc(NC(=O)c3ccc(C(C)(C)C)cc3)cc2)cc1. The Hall–Kier alpha value is -3.93. The second-order valence-electron chi connectivity index (χ2n) is 8.33. The number of hydrogen-bond acceptors (Lipinski definition) is 4. The van der Waals surface area contributed by atoms with Gasteiger partial charge in [-0.25, -0.2) is 5.43 Å². The first-order valence-corrected chi connectivity index (χ1v) is 10.3. The minimum Gasteiger partial charge on any atom is -0.497 e. The Morgan fingerprint density at radius 3 is 1.94 bits per heavy atom. The number of hydrogen-bond donors (Lipinski definition) is 2. The van der Waals surface area contributed by atoms with Crippen molar-refractivity contribution in [3.8, 4) is 5.75 Å². The van der Waals surface area contributed by atoms with E-state index in [2.05, 4.69) is 36.6 Å². The first-order valence-electron chi connectivity index (χ1n) is 10.3. The molecule has 0 atom stereocenters. The lowest BCUT2D eigenvalue weighted by atomic mass is 9.87. The summed E-state index contributed by atoms with van der Waals surface area (Å²) in [6, 6.07) is 21.5. The molecule has 32 heavy (non-hydrogen) atoms. The van der Waals surface area contributed by atoms with Gasteiger partial charge in [-0.3, -0.25) is 9.59 Å². The molecule has 0 aliphatic carbocycles. The fourth-order valence-corrected chi connectivity index (χ4v) is 2.95. The van der Waals surface area contributed by atoms with Crippen molar-refractivity contribution in [1.82, 2.24) is 5.43 Å². The number of carbonyl (C=O) groups is 2. The van der Waals surface area contributed by atoms with Gasteiger partial charge in [0.2, 0.25) is 0 Å². The standard InChI is InChI=1S/C26H27N3O3/c1-26(2,3)21-11-7-19(8-12-21)24(30)28-22-13-9-20(10-14-22)25(31)29-27-17-18-5-15-23(32-4)16-6-18/h5-17H,1-4H3,(H,28,30)(H,29,31)/b27-17+. The molecule has 0 aliphatic heterocycles. The van der Waals surface area contributed by atoms with Crippen LogP contribution in [-0.4, -0.2) is 25.1 Å². The number of carbonyl (C=O) groups excluding carboxylic acids is 2. The number of methoxy groups -OCH3 is 1. The summed E-state index contributed by atoms with van der Waals surface area (Å²) in [6.45, 7) is 6.39. The highest BCUT2D eigenvalue weighted by Crippen LogP contribution is 2.22. The summed E-state index contributed by atoms with van der Waals surface area (Å²) in [5, 5.41) is 6.82. The van der Waals surface area contributed by atoms with Crippen LogP contribution in [0.25, 0.3) is 0 Å². The number of nitrogens with zero attached hydrogens (tertiary/aromatic N) is 1. The molecule has 0 radical (unpaired) electrons. The number of ether oxygens (including phenoxy) is 1. The zero-order valence-electron chi connectivity index (χ0n) is 18.7. The highest BCUT2D eigenvalue weighted by Gasteiger charge is 2.14. The molecule has 0 unspecified atom stereocenters. The third-order valence-corrected chi connectivity index (χ3v) is 4.91. The van der Waals surface area contributed by atoms with Crippen molar-refractivity contribution in [3.05, 3.63) is 95.1 Å². The van der Waals surface area contributed by atoms with Crippen molar-refractivity contribution >= 4 is 23.7 Å². The number of rotatable bonds is 6. The van der Waals surface area contributed by atoms with E-state index in [0.717, 1.165) is 11.3 Å². The monoisotopic (exact) mass is 429 g/mol. The number of hydrazone groups is 1. The molecule has 0 aromatic heterocycles. The van der Waals surface area contributed by atoms with E-state index in [4.69, 9.17) is 4.74 Å². The molecule has 164 valence electrons. The van der Waals surface area contributed by atoms with Gasteiger partial charge in [-0.2, -0.15) is 5.10 Å². The fourth-order valence-electron chi connectivity index (χ4n) is 2.95. The third kappa shape index (κ3) is 6.04. The van der Waals surface area contributed by atoms with E-state index in [1.165, 1.54) is 5.56 Å². The van der Waals surface area contributed by atoms with Gasteiger partial charge in [0.05, 0.1) is 13.3 Å². The molecule has 2 amide bonds. The number of nitrogens with one attached hydrogen (secondary N) is 2. The van der Waals surface area contributed by atoms with E-state index in [-0.39, 0.29) is 17.2 Å². The van der Waals surface area contributed by atoms with Gasteiger partial charge in [0.25, 0.3) is 11.8 Å². The van der Waals surface area contributed by atoms with Gasteiger partial charge >= 0.3 is 0 Å². The Balaban J connectivity index is 1.56. The Labute approximate surface area is 188 Å². The highest BCUT2D eigenvalue weighted by atomic mass is 16.5. The lowest BCUT2D eigenvalue weighted by Gasteiger charge is -2.19. The average molecular weight is 430 g/mol. The first-order chi connectivity index (χ1) is 15.3. The van der Waals surface area contributed by atoms with Crippen LogP contribution in [0.15, 0.2) is 77.9 Å². The summed E-state index contributed by atoms with van der Waals surface area (Å²) in [6.07, 6.45) is 1.55. The second-order valence-corrected chi connectivity index (χ2v) is 8.33. The molecule has 0 saturated carbocycles. The molecule has 6 nitrogen and oxygen atoms in total. The van der Waals surface area contributed by atoms with Crippen LogP contribution in [0.5, 0.6) is 5.75 Å². The van der Waals surface area contributed by atoms with Crippen LogP contribution in [0.4, 0.5) is 5.69 Å². The summed E-state index contributed by atoms with van der Waals surface area (Å²) in [5.74, 6) is 0.206. The van der Waals surface area contributed by atoms with Gasteiger partial charge < -0.3 is 10.1 Å². The molecule has 2 N–H and O–H groups in total. The van der Waals surface area contributed by atoms with Gasteiger partial charge in [0, 0.05) is 16.8 Å². The lowest BCUT2D eigenvalue weighted by molar-refractivity contribution is 0.0954. The average Bonchev–Trinajstić information content (AvgIpc) is 2.79. The smallest absolute Gasteiger partial charge is 0.271 e. The number of amides is 2. The normalized spacial score (nSPS) is 11.2. The van der Waals surface area contributed by atoms with E-state index in [1.54, 1.807) is 37.6 Å². The van der Waals surface area contributed by atoms with Crippen molar-refractivity contribution in [2.45, 2.75) is 26.2 Å². The summed E-state index contributed by atoms with van der Waals surface area (Å²) in [5.41, 5.74) is 6.14. The maximum Gasteiger partial charge on any atom is 0.271 e. The van der Waals surface area contributed by atoms with Crippen molar-refractivity contribution in [3.63, 3.8) is 0 Å². The van der Waals surface area contributed by atoms with Crippen LogP contribution in [0, 0.1) is 0 Å². The van der Waals surface area contributed by atoms with Gasteiger partial charge in [0.15, 0.2) is 0 Å². The third-order valence-electron chi connectivity index (χ3n) is 4.91. The first kappa shape index (κ1) is 22.7. The Kier molecular flexibility index (Phi) is 7.05. The summed E-state index contributed by atoms with van der Waals surface area (Å²) in [7, 11) is 1.60. The zero-order valence-corrected chi connectivity index (χ0v) is 18.7. The van der Waals surface area contributed by atoms with E-state index in [9.17, 15) is 9.59 Å². The topological polar surface area (TPSA) is 79.8 Å². The molecule has 3 aromatic rings. The molecule has 0 heterocycles. The lowest BCUT2D eigenvalue weighted by Crippen LogP contribution is -2.18. The van der Waals surface area contributed by atoms with Crippen LogP contribution in [0.3, 0.4) is 0 Å². The highest BCUT2D eigenvalue weighted by molar-refractivity contribution is 6.04. The molecular formula is C26H27N3O3. The van der Waals surface area contributed by atoms with Crippen LogP contribution in [0.2, 0.25) is 0 Å².